The van der Waals surface area contributed by atoms with Gasteiger partial charge in [0.05, 0.1) is 19.1 Å². The van der Waals surface area contributed by atoms with E-state index in [2.05, 4.69) is 0 Å². The summed E-state index contributed by atoms with van der Waals surface area (Å²) in [4.78, 5) is 11.5. The minimum absolute atomic E-state index is 0.151. The fourth-order valence-corrected chi connectivity index (χ4v) is 2.97. The molecule has 0 saturated heterocycles. The van der Waals surface area contributed by atoms with E-state index >= 15 is 0 Å². The molecule has 2 rings (SSSR count). The first-order valence-electron chi connectivity index (χ1n) is 6.66. The Morgan fingerprint density at radius 1 is 1.42 bits per heavy atom. The normalized spacial score (nSPS) is 24.1. The van der Waals surface area contributed by atoms with Crippen LogP contribution in [0.25, 0.3) is 0 Å². The number of methoxy groups -OCH3 is 1. The quantitative estimate of drug-likeness (QED) is 0.854. The second-order valence-corrected chi connectivity index (χ2v) is 5.12. The molecule has 3 unspecified atom stereocenters. The smallest absolute Gasteiger partial charge is 0.307 e. The molecule has 19 heavy (non-hydrogen) atoms. The number of ether oxygens (including phenoxy) is 1. The zero-order chi connectivity index (χ0) is 13.8. The molecular formula is C15H20O4. The summed E-state index contributed by atoms with van der Waals surface area (Å²) in [5.41, 5.74) is 0.886. The summed E-state index contributed by atoms with van der Waals surface area (Å²) in [6.45, 7) is 0. The Morgan fingerprint density at radius 3 is 2.74 bits per heavy atom. The van der Waals surface area contributed by atoms with Crippen molar-refractivity contribution in [2.45, 2.75) is 31.8 Å². The molecule has 2 N–H and O–H groups in total. The lowest BCUT2D eigenvalue weighted by atomic mass is 9.84. The van der Waals surface area contributed by atoms with Crippen LogP contribution in [0.5, 0.6) is 5.75 Å². The van der Waals surface area contributed by atoms with Gasteiger partial charge in [0.25, 0.3) is 0 Å². The molecule has 4 nitrogen and oxygen atoms in total. The molecule has 0 bridgehead atoms. The second-order valence-electron chi connectivity index (χ2n) is 5.12. The van der Waals surface area contributed by atoms with E-state index in [0.29, 0.717) is 18.6 Å². The van der Waals surface area contributed by atoms with Gasteiger partial charge in [-0.1, -0.05) is 24.6 Å². The lowest BCUT2D eigenvalue weighted by Gasteiger charge is -2.23. The van der Waals surface area contributed by atoms with E-state index in [9.17, 15) is 15.0 Å². The van der Waals surface area contributed by atoms with Crippen molar-refractivity contribution in [3.05, 3.63) is 29.8 Å². The molecule has 0 heterocycles. The average Bonchev–Trinajstić information content (AvgIpc) is 2.82. The molecule has 0 spiro atoms. The molecule has 104 valence electrons. The van der Waals surface area contributed by atoms with E-state index in [0.717, 1.165) is 18.4 Å². The zero-order valence-electron chi connectivity index (χ0n) is 11.1. The van der Waals surface area contributed by atoms with Gasteiger partial charge in [-0.2, -0.15) is 0 Å². The van der Waals surface area contributed by atoms with Gasteiger partial charge in [0.15, 0.2) is 0 Å². The van der Waals surface area contributed by atoms with Crippen molar-refractivity contribution in [3.8, 4) is 5.75 Å². The van der Waals surface area contributed by atoms with E-state index in [4.69, 9.17) is 4.74 Å². The Labute approximate surface area is 113 Å². The van der Waals surface area contributed by atoms with Crippen LogP contribution >= 0.6 is 0 Å². The third kappa shape index (κ3) is 3.07. The highest BCUT2D eigenvalue weighted by Gasteiger charge is 2.37. The van der Waals surface area contributed by atoms with E-state index in [1.165, 1.54) is 0 Å². The number of hydrogen-bond acceptors (Lipinski definition) is 3. The van der Waals surface area contributed by atoms with Crippen molar-refractivity contribution in [3.63, 3.8) is 0 Å². The van der Waals surface area contributed by atoms with Gasteiger partial charge >= 0.3 is 5.97 Å². The van der Waals surface area contributed by atoms with Gasteiger partial charge < -0.3 is 14.9 Å². The number of hydrogen-bond donors (Lipinski definition) is 2. The van der Waals surface area contributed by atoms with E-state index in [-0.39, 0.29) is 5.92 Å². The van der Waals surface area contributed by atoms with Crippen molar-refractivity contribution in [2.24, 2.45) is 11.8 Å². The number of aliphatic carboxylic acids is 1. The van der Waals surface area contributed by atoms with Crippen molar-refractivity contribution < 1.29 is 19.7 Å². The number of aliphatic hydroxyl groups excluding tert-OH is 1. The summed E-state index contributed by atoms with van der Waals surface area (Å²) >= 11 is 0. The van der Waals surface area contributed by atoms with Gasteiger partial charge in [0.1, 0.15) is 5.75 Å². The van der Waals surface area contributed by atoms with Crippen LogP contribution in [0.4, 0.5) is 0 Å². The van der Waals surface area contributed by atoms with Crippen LogP contribution in [0.15, 0.2) is 24.3 Å². The molecule has 0 amide bonds. The van der Waals surface area contributed by atoms with Crippen LogP contribution in [-0.4, -0.2) is 29.4 Å². The molecule has 3 atom stereocenters. The van der Waals surface area contributed by atoms with Gasteiger partial charge in [0, 0.05) is 0 Å². The highest BCUT2D eigenvalue weighted by Crippen LogP contribution is 2.35. The molecule has 0 aromatic heterocycles. The predicted octanol–water partition coefficient (Wildman–Crippen LogP) is 2.10. The number of benzene rings is 1. The molecule has 4 heteroatoms. The van der Waals surface area contributed by atoms with Crippen molar-refractivity contribution in [1.82, 2.24) is 0 Å². The Hall–Kier alpha value is -1.55. The minimum atomic E-state index is -0.836. The first-order valence-corrected chi connectivity index (χ1v) is 6.66. The number of carboxylic acid groups (broad SMARTS) is 1. The minimum Gasteiger partial charge on any atom is -0.496 e. The largest absolute Gasteiger partial charge is 0.496 e. The summed E-state index contributed by atoms with van der Waals surface area (Å²) < 4.78 is 5.26. The topological polar surface area (TPSA) is 66.8 Å². The molecule has 0 aliphatic heterocycles. The Morgan fingerprint density at radius 2 is 2.16 bits per heavy atom. The molecule has 0 radical (unpaired) electrons. The highest BCUT2D eigenvalue weighted by molar-refractivity contribution is 5.71. The molecular weight excluding hydrogens is 244 g/mol. The lowest BCUT2D eigenvalue weighted by Crippen LogP contribution is -2.30. The maximum atomic E-state index is 11.5. The SMILES string of the molecule is COc1ccccc1CC(C(=O)O)C1CCCC1O. The van der Waals surface area contributed by atoms with Crippen molar-refractivity contribution in [1.29, 1.82) is 0 Å². The molecule has 1 saturated carbocycles. The Bertz CT molecular complexity index is 444. The summed E-state index contributed by atoms with van der Waals surface area (Å²) in [5, 5.41) is 19.3. The highest BCUT2D eigenvalue weighted by atomic mass is 16.5. The second kappa shape index (κ2) is 6.06. The fourth-order valence-electron chi connectivity index (χ4n) is 2.97. The van der Waals surface area contributed by atoms with Gasteiger partial charge in [-0.05, 0) is 36.8 Å². The number of para-hydroxylation sites is 1. The maximum Gasteiger partial charge on any atom is 0.307 e. The van der Waals surface area contributed by atoms with E-state index in [1.54, 1.807) is 7.11 Å². The van der Waals surface area contributed by atoms with E-state index in [1.807, 2.05) is 24.3 Å². The Kier molecular flexibility index (Phi) is 4.43. The fraction of sp³-hybridized carbons (Fsp3) is 0.533. The van der Waals surface area contributed by atoms with Gasteiger partial charge in [-0.3, -0.25) is 4.79 Å². The van der Waals surface area contributed by atoms with Crippen LogP contribution in [0.2, 0.25) is 0 Å². The van der Waals surface area contributed by atoms with Crippen molar-refractivity contribution >= 4 is 5.97 Å². The van der Waals surface area contributed by atoms with Crippen LogP contribution < -0.4 is 4.74 Å². The summed E-state index contributed by atoms with van der Waals surface area (Å²) in [5.74, 6) is -0.825. The molecule has 1 fully saturated rings. The zero-order valence-corrected chi connectivity index (χ0v) is 11.1. The van der Waals surface area contributed by atoms with Crippen LogP contribution in [0.3, 0.4) is 0 Å². The lowest BCUT2D eigenvalue weighted by molar-refractivity contribution is -0.145. The van der Waals surface area contributed by atoms with Crippen LogP contribution in [-0.2, 0) is 11.2 Å². The molecule has 1 aromatic carbocycles. The third-order valence-electron chi connectivity index (χ3n) is 4.00. The number of carboxylic acids is 1. The number of aliphatic hydroxyl groups is 1. The van der Waals surface area contributed by atoms with Crippen LogP contribution in [0.1, 0.15) is 24.8 Å². The van der Waals surface area contributed by atoms with Crippen LogP contribution in [0, 0.1) is 11.8 Å². The standard InChI is InChI=1S/C15H20O4/c1-19-14-8-3-2-5-10(14)9-12(15(17)18)11-6-4-7-13(11)16/h2-3,5,8,11-13,16H,4,6-7,9H2,1H3,(H,17,18). The molecule has 1 aromatic rings. The third-order valence-corrected chi connectivity index (χ3v) is 4.00. The summed E-state index contributed by atoms with van der Waals surface area (Å²) in [7, 11) is 1.58. The first kappa shape index (κ1) is 13.9. The average molecular weight is 264 g/mol. The first-order chi connectivity index (χ1) is 9.13. The van der Waals surface area contributed by atoms with Gasteiger partial charge in [-0.15, -0.1) is 0 Å². The molecule has 1 aliphatic carbocycles. The monoisotopic (exact) mass is 264 g/mol. The number of carbonyl (C=O) groups is 1. The predicted molar refractivity (Wildman–Crippen MR) is 71.2 cm³/mol. The maximum absolute atomic E-state index is 11.5. The van der Waals surface area contributed by atoms with Crippen molar-refractivity contribution in [2.75, 3.05) is 7.11 Å². The summed E-state index contributed by atoms with van der Waals surface area (Å²) in [6.07, 6.45) is 2.31. The van der Waals surface area contributed by atoms with E-state index < -0.39 is 18.0 Å². The number of rotatable bonds is 5. The summed E-state index contributed by atoms with van der Waals surface area (Å²) in [6, 6.07) is 7.46. The van der Waals surface area contributed by atoms with Gasteiger partial charge in [-0.25, -0.2) is 0 Å². The Balaban J connectivity index is 2.19. The molecule has 1 aliphatic rings. The van der Waals surface area contributed by atoms with Gasteiger partial charge in [0.2, 0.25) is 0 Å².